The number of rotatable bonds is 4. The van der Waals surface area contributed by atoms with Gasteiger partial charge in [0.2, 0.25) is 0 Å². The summed E-state index contributed by atoms with van der Waals surface area (Å²) < 4.78 is 0. The predicted octanol–water partition coefficient (Wildman–Crippen LogP) is 5.09. The molecule has 0 aliphatic carbocycles. The summed E-state index contributed by atoms with van der Waals surface area (Å²) in [6.45, 7) is 1.92. The fraction of sp³-hybridized carbons (Fsp3) is 0.0500. The van der Waals surface area contributed by atoms with Gasteiger partial charge >= 0.3 is 0 Å². The zero-order chi connectivity index (χ0) is 19.7. The first-order valence-corrected chi connectivity index (χ1v) is 9.62. The Morgan fingerprint density at radius 1 is 1.04 bits per heavy atom. The number of carbonyl (C=O) groups excluding carboxylic acids is 2. The maximum Gasteiger partial charge on any atom is 0.265 e. The molecule has 0 atom stereocenters. The number of anilines is 2. The maximum atomic E-state index is 12.5. The Hall–Kier alpha value is -3.16. The number of aryl methyl sites for hydroxylation is 1. The van der Waals surface area contributed by atoms with E-state index in [1.54, 1.807) is 42.5 Å². The van der Waals surface area contributed by atoms with E-state index >= 15 is 0 Å². The van der Waals surface area contributed by atoms with Crippen LogP contribution < -0.4 is 10.6 Å². The number of hydrogen-bond donors (Lipinski definition) is 3. The second-order valence-electron chi connectivity index (χ2n) is 6.21. The fourth-order valence-corrected chi connectivity index (χ4v) is 3.74. The number of aromatic nitrogens is 2. The molecule has 0 fully saturated rings. The Labute approximate surface area is 169 Å². The van der Waals surface area contributed by atoms with Gasteiger partial charge in [-0.25, -0.2) is 0 Å². The van der Waals surface area contributed by atoms with Crippen LogP contribution in [0.3, 0.4) is 0 Å². The molecule has 0 radical (unpaired) electrons. The number of aromatic amines is 1. The van der Waals surface area contributed by atoms with Crippen LogP contribution in [0.25, 0.3) is 10.2 Å². The van der Waals surface area contributed by atoms with Crippen molar-refractivity contribution in [3.63, 3.8) is 0 Å². The molecule has 0 spiro atoms. The van der Waals surface area contributed by atoms with Crippen LogP contribution in [0.1, 0.15) is 25.6 Å². The molecule has 28 heavy (non-hydrogen) atoms. The van der Waals surface area contributed by atoms with Crippen LogP contribution >= 0.6 is 22.9 Å². The summed E-state index contributed by atoms with van der Waals surface area (Å²) >= 11 is 7.13. The summed E-state index contributed by atoms with van der Waals surface area (Å²) in [7, 11) is 0. The molecule has 2 aromatic heterocycles. The number of amides is 2. The monoisotopic (exact) mass is 410 g/mol. The second kappa shape index (κ2) is 7.46. The highest BCUT2D eigenvalue weighted by molar-refractivity contribution is 7.20. The number of benzene rings is 2. The Kier molecular flexibility index (Phi) is 4.85. The van der Waals surface area contributed by atoms with Crippen molar-refractivity contribution in [3.05, 3.63) is 75.6 Å². The first-order chi connectivity index (χ1) is 13.5. The van der Waals surface area contributed by atoms with Gasteiger partial charge in [-0.3, -0.25) is 14.7 Å². The van der Waals surface area contributed by atoms with E-state index in [2.05, 4.69) is 20.8 Å². The molecule has 0 unspecified atom stereocenters. The Morgan fingerprint density at radius 3 is 2.57 bits per heavy atom. The minimum atomic E-state index is -0.254. The van der Waals surface area contributed by atoms with Gasteiger partial charge in [-0.05, 0) is 49.4 Å². The summed E-state index contributed by atoms with van der Waals surface area (Å²) in [6.07, 6.45) is 0. The average molecular weight is 411 g/mol. The van der Waals surface area contributed by atoms with Crippen LogP contribution in [-0.4, -0.2) is 22.0 Å². The zero-order valence-electron chi connectivity index (χ0n) is 14.7. The van der Waals surface area contributed by atoms with E-state index in [1.165, 1.54) is 11.3 Å². The van der Waals surface area contributed by atoms with Crippen molar-refractivity contribution in [1.82, 2.24) is 10.2 Å². The second-order valence-corrected chi connectivity index (χ2v) is 7.70. The molecule has 4 rings (SSSR count). The molecular weight excluding hydrogens is 396 g/mol. The molecule has 0 aliphatic heterocycles. The lowest BCUT2D eigenvalue weighted by molar-refractivity contribution is 0.102. The molecule has 0 saturated heterocycles. The predicted molar refractivity (Wildman–Crippen MR) is 113 cm³/mol. The van der Waals surface area contributed by atoms with Crippen molar-refractivity contribution in [2.45, 2.75) is 6.92 Å². The van der Waals surface area contributed by atoms with Crippen molar-refractivity contribution < 1.29 is 9.59 Å². The van der Waals surface area contributed by atoms with Crippen molar-refractivity contribution >= 4 is 56.5 Å². The smallest absolute Gasteiger partial charge is 0.265 e. The molecule has 0 aliphatic rings. The molecule has 0 saturated carbocycles. The van der Waals surface area contributed by atoms with E-state index in [-0.39, 0.29) is 11.8 Å². The van der Waals surface area contributed by atoms with Gasteiger partial charge < -0.3 is 10.6 Å². The highest BCUT2D eigenvalue weighted by Crippen LogP contribution is 2.30. The lowest BCUT2D eigenvalue weighted by atomic mass is 10.1. The topological polar surface area (TPSA) is 86.9 Å². The molecule has 4 aromatic rings. The number of halogens is 1. The Morgan fingerprint density at radius 2 is 1.82 bits per heavy atom. The van der Waals surface area contributed by atoms with Crippen molar-refractivity contribution in [2.75, 3.05) is 10.6 Å². The highest BCUT2D eigenvalue weighted by Gasteiger charge is 2.17. The van der Waals surface area contributed by atoms with Gasteiger partial charge in [0, 0.05) is 16.3 Å². The van der Waals surface area contributed by atoms with E-state index in [0.717, 1.165) is 5.56 Å². The molecule has 3 N–H and O–H groups in total. The number of nitrogens with one attached hydrogen (secondary N) is 3. The maximum absolute atomic E-state index is 12.5. The highest BCUT2D eigenvalue weighted by atomic mass is 35.5. The third-order valence-corrected chi connectivity index (χ3v) is 5.38. The summed E-state index contributed by atoms with van der Waals surface area (Å²) in [4.78, 5) is 26.2. The number of carbonyl (C=O) groups is 2. The van der Waals surface area contributed by atoms with Crippen LogP contribution in [0.4, 0.5) is 11.5 Å². The van der Waals surface area contributed by atoms with Crippen molar-refractivity contribution in [3.8, 4) is 0 Å². The van der Waals surface area contributed by atoms with Gasteiger partial charge in [-0.2, -0.15) is 5.10 Å². The third-order valence-electron chi connectivity index (χ3n) is 4.09. The Bertz CT molecular complexity index is 1180. The normalized spacial score (nSPS) is 10.8. The lowest BCUT2D eigenvalue weighted by Crippen LogP contribution is -2.12. The van der Waals surface area contributed by atoms with Gasteiger partial charge in [0.05, 0.1) is 10.3 Å². The van der Waals surface area contributed by atoms with Gasteiger partial charge in [0.25, 0.3) is 11.8 Å². The Balaban J connectivity index is 1.54. The van der Waals surface area contributed by atoms with Crippen LogP contribution in [0.15, 0.2) is 54.6 Å². The zero-order valence-corrected chi connectivity index (χ0v) is 16.3. The molecule has 2 heterocycles. The number of thiophene rings is 1. The summed E-state index contributed by atoms with van der Waals surface area (Å²) in [5.74, 6) is -0.105. The third kappa shape index (κ3) is 3.76. The van der Waals surface area contributed by atoms with Gasteiger partial charge in [-0.15, -0.1) is 11.3 Å². The standard InChI is InChI=1S/C20H15ClN4O2S/c1-11-3-2-4-12(9-11)18(26)23-17-15-10-16(28-20(15)25-24-17)19(27)22-14-7-5-13(21)6-8-14/h2-10H,1H3,(H,22,27)(H2,23,24,25,26). The first kappa shape index (κ1) is 18.2. The van der Waals surface area contributed by atoms with Crippen LogP contribution in [-0.2, 0) is 0 Å². The number of nitrogens with zero attached hydrogens (tertiary/aromatic N) is 1. The van der Waals surface area contributed by atoms with E-state index in [9.17, 15) is 9.59 Å². The largest absolute Gasteiger partial charge is 0.321 e. The van der Waals surface area contributed by atoms with E-state index < -0.39 is 0 Å². The molecule has 2 aromatic carbocycles. The molecule has 0 bridgehead atoms. The van der Waals surface area contributed by atoms with Gasteiger partial charge in [0.15, 0.2) is 5.82 Å². The molecule has 6 nitrogen and oxygen atoms in total. The number of fused-ring (bicyclic) bond motifs is 1. The molecular formula is C20H15ClN4O2S. The fourth-order valence-electron chi connectivity index (χ4n) is 2.72. The molecule has 8 heteroatoms. The number of hydrogen-bond acceptors (Lipinski definition) is 4. The van der Waals surface area contributed by atoms with Crippen molar-refractivity contribution in [1.29, 1.82) is 0 Å². The van der Waals surface area contributed by atoms with E-state index in [0.29, 0.717) is 37.2 Å². The van der Waals surface area contributed by atoms with E-state index in [1.807, 2.05) is 19.1 Å². The van der Waals surface area contributed by atoms with Crippen LogP contribution in [0.2, 0.25) is 5.02 Å². The summed E-state index contributed by atoms with van der Waals surface area (Å²) in [5, 5.41) is 13.9. The van der Waals surface area contributed by atoms with Gasteiger partial charge in [-0.1, -0.05) is 29.3 Å². The quantitative estimate of drug-likeness (QED) is 0.438. The summed E-state index contributed by atoms with van der Waals surface area (Å²) in [5.41, 5.74) is 2.20. The first-order valence-electron chi connectivity index (χ1n) is 8.42. The SMILES string of the molecule is Cc1cccc(C(=O)Nc2n[nH]c3sc(C(=O)Nc4ccc(Cl)cc4)cc23)c1. The van der Waals surface area contributed by atoms with Crippen LogP contribution in [0, 0.1) is 6.92 Å². The molecule has 2 amide bonds. The number of H-pyrrole nitrogens is 1. The lowest BCUT2D eigenvalue weighted by Gasteiger charge is -2.04. The molecule has 140 valence electrons. The minimum absolute atomic E-state index is 0.243. The minimum Gasteiger partial charge on any atom is -0.321 e. The van der Waals surface area contributed by atoms with Crippen molar-refractivity contribution in [2.24, 2.45) is 0 Å². The average Bonchev–Trinajstić information content (AvgIpc) is 3.26. The van der Waals surface area contributed by atoms with Gasteiger partial charge in [0.1, 0.15) is 4.83 Å². The van der Waals surface area contributed by atoms with E-state index in [4.69, 9.17) is 11.6 Å². The van der Waals surface area contributed by atoms with Crippen LogP contribution in [0.5, 0.6) is 0 Å². The summed E-state index contributed by atoms with van der Waals surface area (Å²) in [6, 6.07) is 15.9.